The molecule has 2 rings (SSSR count). The van der Waals surface area contributed by atoms with Gasteiger partial charge in [0.15, 0.2) is 0 Å². The fourth-order valence-electron chi connectivity index (χ4n) is 1.52. The normalized spacial score (nSPS) is 12.6. The summed E-state index contributed by atoms with van der Waals surface area (Å²) in [7, 11) is -1.18. The van der Waals surface area contributed by atoms with Gasteiger partial charge in [-0.1, -0.05) is 11.6 Å². The second kappa shape index (κ2) is 5.38. The van der Waals surface area contributed by atoms with E-state index < -0.39 is 10.8 Å². The van der Waals surface area contributed by atoms with Gasteiger partial charge in [0.1, 0.15) is 5.01 Å². The van der Waals surface area contributed by atoms with Crippen molar-refractivity contribution in [2.45, 2.75) is 24.5 Å². The van der Waals surface area contributed by atoms with E-state index in [2.05, 4.69) is 4.98 Å². The summed E-state index contributed by atoms with van der Waals surface area (Å²) >= 11 is 7.39. The second-order valence-corrected chi connectivity index (χ2v) is 7.06. The molecular formula is C12H13ClN2OS2. The summed E-state index contributed by atoms with van der Waals surface area (Å²) in [6.45, 7) is 3.96. The zero-order chi connectivity index (χ0) is 13.3. The molecule has 1 heterocycles. The first kappa shape index (κ1) is 13.5. The molecule has 1 aromatic heterocycles. The van der Waals surface area contributed by atoms with Crippen LogP contribution in [-0.4, -0.2) is 9.19 Å². The van der Waals surface area contributed by atoms with Crippen LogP contribution in [0.3, 0.4) is 0 Å². The van der Waals surface area contributed by atoms with Crippen molar-refractivity contribution < 1.29 is 4.21 Å². The Kier molecular flexibility index (Phi) is 4.04. The Morgan fingerprint density at radius 1 is 1.44 bits per heavy atom. The summed E-state index contributed by atoms with van der Waals surface area (Å²) in [6.07, 6.45) is 0. The van der Waals surface area contributed by atoms with Crippen molar-refractivity contribution >= 4 is 39.4 Å². The Hall–Kier alpha value is -0.910. The number of hydrogen-bond acceptors (Lipinski definition) is 4. The summed E-state index contributed by atoms with van der Waals surface area (Å²) in [5.41, 5.74) is 7.28. The maximum absolute atomic E-state index is 12.2. The molecule has 0 aliphatic rings. The van der Waals surface area contributed by atoms with Crippen LogP contribution in [0.15, 0.2) is 23.1 Å². The third kappa shape index (κ3) is 2.91. The van der Waals surface area contributed by atoms with Gasteiger partial charge in [0, 0.05) is 15.6 Å². The van der Waals surface area contributed by atoms with Crippen molar-refractivity contribution in [3.05, 3.63) is 38.8 Å². The van der Waals surface area contributed by atoms with E-state index in [0.29, 0.717) is 21.4 Å². The van der Waals surface area contributed by atoms with E-state index >= 15 is 0 Å². The fraction of sp³-hybridized carbons (Fsp3) is 0.250. The zero-order valence-corrected chi connectivity index (χ0v) is 12.5. The van der Waals surface area contributed by atoms with E-state index in [1.54, 1.807) is 29.5 Å². The number of thiazole rings is 1. The first-order valence-electron chi connectivity index (χ1n) is 5.33. The number of aryl methyl sites for hydroxylation is 2. The monoisotopic (exact) mass is 300 g/mol. The number of aromatic nitrogens is 1. The van der Waals surface area contributed by atoms with Crippen molar-refractivity contribution in [2.24, 2.45) is 0 Å². The molecule has 0 saturated carbocycles. The standard InChI is InChI=1S/C12H13ClN2OS2/c1-7-8(2)17-12(15-7)6-18(16)11-4-3-9(13)5-10(11)14/h3-5H,6,14H2,1-2H3. The fourth-order valence-corrected chi connectivity index (χ4v) is 3.97. The molecule has 1 atom stereocenters. The number of nitrogen functional groups attached to an aromatic ring is 1. The average Bonchev–Trinajstić information content (AvgIpc) is 2.57. The number of halogens is 1. The summed E-state index contributed by atoms with van der Waals surface area (Å²) in [5.74, 6) is 0.394. The lowest BCUT2D eigenvalue weighted by Gasteiger charge is -2.04. The van der Waals surface area contributed by atoms with Crippen molar-refractivity contribution in [1.29, 1.82) is 0 Å². The van der Waals surface area contributed by atoms with Crippen LogP contribution < -0.4 is 5.73 Å². The number of nitrogens with two attached hydrogens (primary N) is 1. The molecule has 0 spiro atoms. The van der Waals surface area contributed by atoms with Crippen LogP contribution in [0.2, 0.25) is 5.02 Å². The minimum Gasteiger partial charge on any atom is -0.398 e. The van der Waals surface area contributed by atoms with E-state index in [1.165, 1.54) is 0 Å². The maximum atomic E-state index is 12.2. The molecule has 1 aromatic carbocycles. The van der Waals surface area contributed by atoms with Crippen LogP contribution in [0.5, 0.6) is 0 Å². The average molecular weight is 301 g/mol. The van der Waals surface area contributed by atoms with Gasteiger partial charge >= 0.3 is 0 Å². The molecular weight excluding hydrogens is 288 g/mol. The molecule has 0 radical (unpaired) electrons. The van der Waals surface area contributed by atoms with Gasteiger partial charge in [0.2, 0.25) is 0 Å². The summed E-state index contributed by atoms with van der Waals surface area (Å²) in [4.78, 5) is 6.16. The van der Waals surface area contributed by atoms with Crippen LogP contribution in [0, 0.1) is 13.8 Å². The van der Waals surface area contributed by atoms with Gasteiger partial charge in [-0.15, -0.1) is 11.3 Å². The van der Waals surface area contributed by atoms with Gasteiger partial charge in [0.25, 0.3) is 0 Å². The highest BCUT2D eigenvalue weighted by Gasteiger charge is 2.12. The number of benzene rings is 1. The van der Waals surface area contributed by atoms with Crippen molar-refractivity contribution in [1.82, 2.24) is 4.98 Å². The van der Waals surface area contributed by atoms with Crippen LogP contribution >= 0.6 is 22.9 Å². The largest absolute Gasteiger partial charge is 0.398 e. The van der Waals surface area contributed by atoms with Gasteiger partial charge < -0.3 is 5.73 Å². The SMILES string of the molecule is Cc1nc(CS(=O)c2ccc(Cl)cc2N)sc1C. The quantitative estimate of drug-likeness (QED) is 0.885. The van der Waals surface area contributed by atoms with Crippen LogP contribution in [0.4, 0.5) is 5.69 Å². The Balaban J connectivity index is 2.22. The molecule has 1 unspecified atom stereocenters. The molecule has 0 bridgehead atoms. The third-order valence-corrected chi connectivity index (χ3v) is 5.43. The van der Waals surface area contributed by atoms with E-state index in [9.17, 15) is 4.21 Å². The lowest BCUT2D eigenvalue weighted by Crippen LogP contribution is -2.00. The molecule has 0 aliphatic carbocycles. The summed E-state index contributed by atoms with van der Waals surface area (Å²) in [5, 5.41) is 1.42. The van der Waals surface area contributed by atoms with Crippen LogP contribution in [-0.2, 0) is 16.6 Å². The van der Waals surface area contributed by atoms with Crippen molar-refractivity contribution in [3.8, 4) is 0 Å². The molecule has 0 fully saturated rings. The second-order valence-electron chi connectivity index (χ2n) is 3.92. The molecule has 0 saturated heterocycles. The lowest BCUT2D eigenvalue weighted by atomic mass is 10.3. The number of anilines is 1. The Morgan fingerprint density at radius 3 is 2.72 bits per heavy atom. The van der Waals surface area contributed by atoms with Crippen molar-refractivity contribution in [2.75, 3.05) is 5.73 Å². The predicted octanol–water partition coefficient (Wildman–Crippen LogP) is 3.30. The number of hydrogen-bond donors (Lipinski definition) is 1. The highest BCUT2D eigenvalue weighted by atomic mass is 35.5. The smallest absolute Gasteiger partial charge is 0.106 e. The molecule has 96 valence electrons. The predicted molar refractivity (Wildman–Crippen MR) is 77.6 cm³/mol. The van der Waals surface area contributed by atoms with Gasteiger partial charge in [-0.05, 0) is 32.0 Å². The van der Waals surface area contributed by atoms with Gasteiger partial charge in [0.05, 0.1) is 27.1 Å². The van der Waals surface area contributed by atoms with Crippen molar-refractivity contribution in [3.63, 3.8) is 0 Å². The van der Waals surface area contributed by atoms with E-state index in [4.69, 9.17) is 17.3 Å². The molecule has 3 nitrogen and oxygen atoms in total. The topological polar surface area (TPSA) is 56.0 Å². The minimum absolute atomic E-state index is 0.394. The molecule has 0 aliphatic heterocycles. The van der Waals surface area contributed by atoms with Gasteiger partial charge in [-0.3, -0.25) is 4.21 Å². The van der Waals surface area contributed by atoms with Crippen LogP contribution in [0.25, 0.3) is 0 Å². The van der Waals surface area contributed by atoms with Crippen LogP contribution in [0.1, 0.15) is 15.6 Å². The minimum atomic E-state index is -1.18. The van der Waals surface area contributed by atoms with E-state index in [0.717, 1.165) is 15.6 Å². The van der Waals surface area contributed by atoms with Gasteiger partial charge in [-0.2, -0.15) is 0 Å². The molecule has 2 N–H and O–H groups in total. The molecule has 18 heavy (non-hydrogen) atoms. The molecule has 0 amide bonds. The Morgan fingerprint density at radius 2 is 2.17 bits per heavy atom. The lowest BCUT2D eigenvalue weighted by molar-refractivity contribution is 0.682. The first-order valence-corrected chi connectivity index (χ1v) is 7.85. The van der Waals surface area contributed by atoms with E-state index in [1.807, 2.05) is 13.8 Å². The molecule has 6 heteroatoms. The highest BCUT2D eigenvalue weighted by Crippen LogP contribution is 2.25. The molecule has 2 aromatic rings. The van der Waals surface area contributed by atoms with E-state index in [-0.39, 0.29) is 0 Å². The number of rotatable bonds is 3. The Labute approximate surface area is 117 Å². The maximum Gasteiger partial charge on any atom is 0.106 e. The highest BCUT2D eigenvalue weighted by molar-refractivity contribution is 7.84. The van der Waals surface area contributed by atoms with Gasteiger partial charge in [-0.25, -0.2) is 4.98 Å². The summed E-state index contributed by atoms with van der Waals surface area (Å²) < 4.78 is 12.2. The zero-order valence-electron chi connectivity index (χ0n) is 10.1. The third-order valence-electron chi connectivity index (χ3n) is 2.54. The first-order chi connectivity index (χ1) is 8.47. The Bertz CT molecular complexity index is 591. The number of nitrogens with zero attached hydrogens (tertiary/aromatic N) is 1. The summed E-state index contributed by atoms with van der Waals surface area (Å²) in [6, 6.07) is 5.03.